The lowest BCUT2D eigenvalue weighted by atomic mass is 9.83. The first-order chi connectivity index (χ1) is 17.9. The molecule has 4 heterocycles. The van der Waals surface area contributed by atoms with Gasteiger partial charge in [-0.3, -0.25) is 9.59 Å². The molecule has 11 nitrogen and oxygen atoms in total. The second kappa shape index (κ2) is 9.14. The zero-order valence-electron chi connectivity index (χ0n) is 21.4. The quantitative estimate of drug-likeness (QED) is 0.446. The Labute approximate surface area is 214 Å². The van der Waals surface area contributed by atoms with E-state index in [9.17, 15) is 9.59 Å². The molecule has 3 aromatic rings. The predicted molar refractivity (Wildman–Crippen MR) is 138 cm³/mol. The first-order valence-electron chi connectivity index (χ1n) is 12.9. The van der Waals surface area contributed by atoms with Crippen molar-refractivity contribution in [1.82, 2.24) is 24.5 Å². The lowest BCUT2D eigenvalue weighted by Crippen LogP contribution is -2.45. The molecule has 5 atom stereocenters. The van der Waals surface area contributed by atoms with Crippen LogP contribution >= 0.6 is 0 Å². The largest absolute Gasteiger partial charge is 0.381 e. The summed E-state index contributed by atoms with van der Waals surface area (Å²) in [5.74, 6) is 1.69. The maximum Gasteiger partial charge on any atom is 0.274 e. The lowest BCUT2D eigenvalue weighted by molar-refractivity contribution is -0.0314. The van der Waals surface area contributed by atoms with E-state index in [0.717, 1.165) is 25.7 Å². The van der Waals surface area contributed by atoms with Gasteiger partial charge in [-0.05, 0) is 44.7 Å². The van der Waals surface area contributed by atoms with Gasteiger partial charge in [-0.1, -0.05) is 0 Å². The highest BCUT2D eigenvalue weighted by Gasteiger charge is 2.55. The van der Waals surface area contributed by atoms with Gasteiger partial charge in [0, 0.05) is 50.3 Å². The van der Waals surface area contributed by atoms with Crippen molar-refractivity contribution in [3.63, 3.8) is 0 Å². The van der Waals surface area contributed by atoms with Crippen molar-refractivity contribution < 1.29 is 14.3 Å². The summed E-state index contributed by atoms with van der Waals surface area (Å²) in [5, 5.41) is 13.8. The standard InChI is InChI=1S/C26H33N7O4/c1-26(36-3)8-4-6-15(11-26)29-24(34)16-12-28-33-21(27-2)10-20(31-23(16)33)30-19-7-5-9-32(25(19)35)22-17-13-37-14-18(17)22/h5,7,9-10,12,15,17-18,22,27H,4,6,8,11,13-14H2,1-3H3,(H,29,34)(H,30,31)/t15-,17-,18+,22?,26-/m0/s1. The Morgan fingerprint density at radius 3 is 2.86 bits per heavy atom. The molecule has 3 aromatic heterocycles. The second-order valence-electron chi connectivity index (χ2n) is 10.6. The number of fused-ring (bicyclic) bond motifs is 2. The number of anilines is 3. The molecule has 3 N–H and O–H groups in total. The number of nitrogens with zero attached hydrogens (tertiary/aromatic N) is 4. The number of ether oxygens (including phenoxy) is 2. The molecule has 3 fully saturated rings. The maximum absolute atomic E-state index is 13.3. The molecule has 3 aliphatic rings. The van der Waals surface area contributed by atoms with Gasteiger partial charge in [-0.2, -0.15) is 9.61 Å². The third kappa shape index (κ3) is 4.25. The molecule has 1 saturated heterocycles. The molecule has 2 aliphatic carbocycles. The van der Waals surface area contributed by atoms with Crippen molar-refractivity contribution in [3.05, 3.63) is 46.5 Å². The van der Waals surface area contributed by atoms with E-state index < -0.39 is 0 Å². The third-order valence-electron chi connectivity index (χ3n) is 8.20. The first-order valence-corrected chi connectivity index (χ1v) is 12.9. The Morgan fingerprint density at radius 2 is 2.11 bits per heavy atom. The van der Waals surface area contributed by atoms with Crippen LogP contribution in [0.25, 0.3) is 5.65 Å². The molecule has 1 amide bonds. The van der Waals surface area contributed by atoms with Crippen LogP contribution in [-0.4, -0.2) is 64.1 Å². The molecule has 0 spiro atoms. The molecule has 196 valence electrons. The Kier molecular flexibility index (Phi) is 5.91. The highest BCUT2D eigenvalue weighted by atomic mass is 16.5. The fourth-order valence-corrected chi connectivity index (χ4v) is 5.98. The number of methoxy groups -OCH3 is 1. The van der Waals surface area contributed by atoms with Crippen molar-refractivity contribution in [3.8, 4) is 0 Å². The fraction of sp³-hybridized carbons (Fsp3) is 0.538. The lowest BCUT2D eigenvalue weighted by Gasteiger charge is -2.37. The predicted octanol–water partition coefficient (Wildman–Crippen LogP) is 2.57. The number of hydrogen-bond acceptors (Lipinski definition) is 8. The summed E-state index contributed by atoms with van der Waals surface area (Å²) >= 11 is 0. The smallest absolute Gasteiger partial charge is 0.274 e. The minimum Gasteiger partial charge on any atom is -0.381 e. The molecule has 0 bridgehead atoms. The van der Waals surface area contributed by atoms with E-state index in [-0.39, 0.29) is 29.2 Å². The summed E-state index contributed by atoms with van der Waals surface area (Å²) in [6.07, 6.45) is 7.00. The molecule has 6 rings (SSSR count). The van der Waals surface area contributed by atoms with Crippen molar-refractivity contribution in [2.45, 2.75) is 50.3 Å². The van der Waals surface area contributed by atoms with Crippen LogP contribution in [0.2, 0.25) is 0 Å². The molecule has 1 unspecified atom stereocenters. The van der Waals surface area contributed by atoms with Gasteiger partial charge in [-0.15, -0.1) is 0 Å². The molecule has 11 heteroatoms. The molecular weight excluding hydrogens is 474 g/mol. The summed E-state index contributed by atoms with van der Waals surface area (Å²) in [5.41, 5.74) is 0.877. The Morgan fingerprint density at radius 1 is 1.30 bits per heavy atom. The number of amides is 1. The third-order valence-corrected chi connectivity index (χ3v) is 8.20. The second-order valence-corrected chi connectivity index (χ2v) is 10.6. The van der Waals surface area contributed by atoms with Gasteiger partial charge in [0.05, 0.1) is 25.0 Å². The Balaban J connectivity index is 1.27. The normalized spacial score (nSPS) is 28.6. The van der Waals surface area contributed by atoms with Crippen molar-refractivity contribution in [2.75, 3.05) is 38.0 Å². The summed E-state index contributed by atoms with van der Waals surface area (Å²) in [7, 11) is 3.50. The van der Waals surface area contributed by atoms with Crippen LogP contribution in [0.5, 0.6) is 0 Å². The molecule has 37 heavy (non-hydrogen) atoms. The van der Waals surface area contributed by atoms with Gasteiger partial charge >= 0.3 is 0 Å². The summed E-state index contributed by atoms with van der Waals surface area (Å²) in [6.45, 7) is 3.50. The summed E-state index contributed by atoms with van der Waals surface area (Å²) in [6, 6.07) is 5.59. The Bertz CT molecular complexity index is 1390. The van der Waals surface area contributed by atoms with E-state index in [2.05, 4.69) is 33.0 Å². The van der Waals surface area contributed by atoms with Crippen LogP contribution in [0.1, 0.15) is 49.0 Å². The van der Waals surface area contributed by atoms with E-state index in [1.807, 2.05) is 12.3 Å². The number of nitrogens with one attached hydrogen (secondary N) is 3. The van der Waals surface area contributed by atoms with E-state index in [4.69, 9.17) is 9.47 Å². The van der Waals surface area contributed by atoms with Crippen LogP contribution in [0, 0.1) is 11.8 Å². The van der Waals surface area contributed by atoms with Gasteiger partial charge < -0.3 is 30.0 Å². The van der Waals surface area contributed by atoms with E-state index in [0.29, 0.717) is 53.6 Å². The Hall–Kier alpha value is -3.44. The van der Waals surface area contributed by atoms with E-state index in [1.165, 1.54) is 6.20 Å². The summed E-state index contributed by atoms with van der Waals surface area (Å²) in [4.78, 5) is 31.2. The average Bonchev–Trinajstić information content (AvgIpc) is 3.21. The number of rotatable bonds is 7. The number of hydrogen-bond donors (Lipinski definition) is 3. The highest BCUT2D eigenvalue weighted by molar-refractivity contribution is 6.00. The van der Waals surface area contributed by atoms with Gasteiger partial charge in [-0.25, -0.2) is 4.98 Å². The minimum absolute atomic E-state index is 0.0151. The number of aromatic nitrogens is 4. The van der Waals surface area contributed by atoms with Crippen molar-refractivity contribution in [2.24, 2.45) is 11.8 Å². The number of carbonyl (C=O) groups is 1. The number of pyridine rings is 1. The zero-order valence-corrected chi connectivity index (χ0v) is 21.4. The van der Waals surface area contributed by atoms with E-state index in [1.54, 1.807) is 35.4 Å². The SMILES string of the molecule is CNc1cc(Nc2cccn(C3[C@H]4COC[C@@H]34)c2=O)nc2c(C(=O)N[C@H]3CCC[C@](C)(OC)C3)cnn12. The van der Waals surface area contributed by atoms with Crippen LogP contribution in [0.15, 0.2) is 35.4 Å². The van der Waals surface area contributed by atoms with Gasteiger partial charge in [0.25, 0.3) is 11.5 Å². The van der Waals surface area contributed by atoms with Crippen LogP contribution in [0.4, 0.5) is 17.3 Å². The fourth-order valence-electron chi connectivity index (χ4n) is 5.98. The average molecular weight is 508 g/mol. The molecule has 0 radical (unpaired) electrons. The van der Waals surface area contributed by atoms with Gasteiger partial charge in [0.1, 0.15) is 22.9 Å². The first kappa shape index (κ1) is 23.9. The molecular formula is C26H33N7O4. The van der Waals surface area contributed by atoms with E-state index >= 15 is 0 Å². The summed E-state index contributed by atoms with van der Waals surface area (Å²) < 4.78 is 14.6. The van der Waals surface area contributed by atoms with Crippen LogP contribution in [-0.2, 0) is 9.47 Å². The minimum atomic E-state index is -0.235. The van der Waals surface area contributed by atoms with Gasteiger partial charge in [0.15, 0.2) is 5.65 Å². The maximum atomic E-state index is 13.3. The molecule has 2 saturated carbocycles. The van der Waals surface area contributed by atoms with Crippen molar-refractivity contribution in [1.29, 1.82) is 0 Å². The number of carbonyl (C=O) groups excluding carboxylic acids is 1. The van der Waals surface area contributed by atoms with Crippen LogP contribution < -0.4 is 21.5 Å². The zero-order chi connectivity index (χ0) is 25.7. The van der Waals surface area contributed by atoms with Gasteiger partial charge in [0.2, 0.25) is 0 Å². The monoisotopic (exact) mass is 507 g/mol. The van der Waals surface area contributed by atoms with Crippen LogP contribution in [0.3, 0.4) is 0 Å². The highest BCUT2D eigenvalue weighted by Crippen LogP contribution is 2.53. The molecule has 0 aromatic carbocycles. The molecule has 1 aliphatic heterocycles. The topological polar surface area (TPSA) is 124 Å². The van der Waals surface area contributed by atoms with Crippen molar-refractivity contribution >= 4 is 28.9 Å².